The number of nitriles is 1. The summed E-state index contributed by atoms with van der Waals surface area (Å²) < 4.78 is 0. The molecule has 2 aromatic carbocycles. The van der Waals surface area contributed by atoms with Gasteiger partial charge < -0.3 is 5.32 Å². The van der Waals surface area contributed by atoms with Crippen LogP contribution in [0.2, 0.25) is 0 Å². The normalized spacial score (nSPS) is 9.90. The molecule has 0 fully saturated rings. The Morgan fingerprint density at radius 1 is 1.24 bits per heavy atom. The monoisotopic (exact) mass is 296 g/mol. The number of hydrogen-bond acceptors (Lipinski definition) is 3. The number of nitrogens with one attached hydrogen (secondary N) is 1. The van der Waals surface area contributed by atoms with Crippen LogP contribution in [0.15, 0.2) is 48.5 Å². The van der Waals surface area contributed by atoms with Crippen molar-refractivity contribution in [1.29, 1.82) is 5.26 Å². The van der Waals surface area contributed by atoms with Crippen LogP contribution in [0.3, 0.4) is 0 Å². The molecule has 2 rings (SSSR count). The van der Waals surface area contributed by atoms with Crippen molar-refractivity contribution in [3.8, 4) is 6.07 Å². The number of carbonyl (C=O) groups is 1. The Kier molecular flexibility index (Phi) is 5.42. The first kappa shape index (κ1) is 15.1. The molecule has 0 aliphatic rings. The van der Waals surface area contributed by atoms with Gasteiger partial charge in [0.15, 0.2) is 0 Å². The van der Waals surface area contributed by atoms with E-state index < -0.39 is 0 Å². The molecule has 0 radical (unpaired) electrons. The number of thioether (sulfide) groups is 1. The van der Waals surface area contributed by atoms with Crippen molar-refractivity contribution in [3.63, 3.8) is 0 Å². The van der Waals surface area contributed by atoms with Gasteiger partial charge in [-0.2, -0.15) is 5.26 Å². The van der Waals surface area contributed by atoms with Crippen LogP contribution in [0, 0.1) is 18.3 Å². The van der Waals surface area contributed by atoms with E-state index >= 15 is 0 Å². The van der Waals surface area contributed by atoms with Crippen LogP contribution in [0.5, 0.6) is 0 Å². The van der Waals surface area contributed by atoms with Crippen LogP contribution in [-0.4, -0.2) is 11.7 Å². The van der Waals surface area contributed by atoms with Gasteiger partial charge in [-0.3, -0.25) is 4.79 Å². The first-order valence-corrected chi connectivity index (χ1v) is 7.76. The predicted octanol–water partition coefficient (Wildman–Crippen LogP) is 3.74. The highest BCUT2D eigenvalue weighted by Gasteiger charge is 2.03. The van der Waals surface area contributed by atoms with E-state index in [2.05, 4.69) is 30.4 Å². The zero-order chi connectivity index (χ0) is 15.1. The molecule has 0 saturated carbocycles. The maximum atomic E-state index is 11.8. The van der Waals surface area contributed by atoms with Gasteiger partial charge in [0.25, 0.3) is 0 Å². The lowest BCUT2D eigenvalue weighted by Crippen LogP contribution is -2.14. The van der Waals surface area contributed by atoms with Crippen molar-refractivity contribution in [2.24, 2.45) is 0 Å². The third kappa shape index (κ3) is 4.97. The number of rotatable bonds is 5. The Balaban J connectivity index is 1.78. The molecule has 3 nitrogen and oxygen atoms in total. The highest BCUT2D eigenvalue weighted by molar-refractivity contribution is 7.99. The van der Waals surface area contributed by atoms with Crippen molar-refractivity contribution < 1.29 is 4.79 Å². The summed E-state index contributed by atoms with van der Waals surface area (Å²) in [6.07, 6.45) is 0. The average Bonchev–Trinajstić information content (AvgIpc) is 2.48. The summed E-state index contributed by atoms with van der Waals surface area (Å²) in [5.41, 5.74) is 3.76. The second-order valence-electron chi connectivity index (χ2n) is 4.72. The maximum Gasteiger partial charge on any atom is 0.234 e. The summed E-state index contributed by atoms with van der Waals surface area (Å²) in [5.74, 6) is 1.20. The molecule has 0 bridgehead atoms. The molecule has 21 heavy (non-hydrogen) atoms. The number of benzene rings is 2. The zero-order valence-corrected chi connectivity index (χ0v) is 12.6. The number of anilines is 1. The van der Waals surface area contributed by atoms with Crippen LogP contribution in [0.25, 0.3) is 0 Å². The third-order valence-corrected chi connectivity index (χ3v) is 3.89. The summed E-state index contributed by atoms with van der Waals surface area (Å²) in [6, 6.07) is 17.2. The smallest absolute Gasteiger partial charge is 0.234 e. The van der Waals surface area contributed by atoms with Crippen LogP contribution < -0.4 is 5.32 Å². The molecule has 0 aromatic heterocycles. The Morgan fingerprint density at radius 3 is 2.67 bits per heavy atom. The lowest BCUT2D eigenvalue weighted by atomic mass is 10.2. The van der Waals surface area contributed by atoms with Gasteiger partial charge in [0.1, 0.15) is 0 Å². The average molecular weight is 296 g/mol. The lowest BCUT2D eigenvalue weighted by Gasteiger charge is -2.05. The van der Waals surface area contributed by atoms with Crippen LogP contribution in [-0.2, 0) is 10.5 Å². The molecule has 0 saturated heterocycles. The number of hydrogen-bond donors (Lipinski definition) is 1. The van der Waals surface area contributed by atoms with Gasteiger partial charge in [0.2, 0.25) is 5.91 Å². The van der Waals surface area contributed by atoms with Crippen molar-refractivity contribution >= 4 is 23.4 Å². The molecular weight excluding hydrogens is 280 g/mol. The molecule has 0 heterocycles. The van der Waals surface area contributed by atoms with E-state index in [4.69, 9.17) is 5.26 Å². The van der Waals surface area contributed by atoms with E-state index in [9.17, 15) is 4.79 Å². The molecule has 0 aliphatic heterocycles. The highest BCUT2D eigenvalue weighted by Crippen LogP contribution is 2.14. The SMILES string of the molecule is Cc1cccc(CSCC(=O)Nc2ccc(C#N)cc2)c1. The van der Waals surface area contributed by atoms with Gasteiger partial charge in [-0.25, -0.2) is 0 Å². The van der Waals surface area contributed by atoms with Crippen molar-refractivity contribution in [3.05, 3.63) is 65.2 Å². The van der Waals surface area contributed by atoms with E-state index in [0.29, 0.717) is 11.3 Å². The number of nitrogens with zero attached hydrogens (tertiary/aromatic N) is 1. The number of amides is 1. The zero-order valence-electron chi connectivity index (χ0n) is 11.8. The van der Waals surface area contributed by atoms with Gasteiger partial charge in [-0.15, -0.1) is 11.8 Å². The largest absolute Gasteiger partial charge is 0.325 e. The summed E-state index contributed by atoms with van der Waals surface area (Å²) in [5, 5.41) is 11.5. The second-order valence-corrected chi connectivity index (χ2v) is 5.70. The van der Waals surface area contributed by atoms with Gasteiger partial charge in [-0.05, 0) is 36.8 Å². The maximum absolute atomic E-state index is 11.8. The minimum atomic E-state index is -0.0302. The van der Waals surface area contributed by atoms with Gasteiger partial charge in [0, 0.05) is 11.4 Å². The summed E-state index contributed by atoms with van der Waals surface area (Å²) in [7, 11) is 0. The molecular formula is C17H16N2OS. The van der Waals surface area contributed by atoms with Crippen molar-refractivity contribution in [2.75, 3.05) is 11.1 Å². The van der Waals surface area contributed by atoms with Gasteiger partial charge >= 0.3 is 0 Å². The summed E-state index contributed by atoms with van der Waals surface area (Å²) in [6.45, 7) is 2.06. The number of aryl methyl sites for hydroxylation is 1. The van der Waals surface area contributed by atoms with Crippen LogP contribution in [0.4, 0.5) is 5.69 Å². The molecule has 0 spiro atoms. The van der Waals surface area contributed by atoms with Crippen molar-refractivity contribution in [2.45, 2.75) is 12.7 Å². The summed E-state index contributed by atoms with van der Waals surface area (Å²) in [4.78, 5) is 11.8. The molecule has 106 valence electrons. The molecule has 1 amide bonds. The van der Waals surface area contributed by atoms with Crippen LogP contribution >= 0.6 is 11.8 Å². The van der Waals surface area contributed by atoms with Crippen molar-refractivity contribution in [1.82, 2.24) is 0 Å². The van der Waals surface area contributed by atoms with Gasteiger partial charge in [-0.1, -0.05) is 29.8 Å². The summed E-state index contributed by atoms with van der Waals surface area (Å²) >= 11 is 1.59. The van der Waals surface area contributed by atoms with Gasteiger partial charge in [0.05, 0.1) is 17.4 Å². The Bertz CT molecular complexity index is 659. The van der Waals surface area contributed by atoms with E-state index in [1.165, 1.54) is 11.1 Å². The quantitative estimate of drug-likeness (QED) is 0.914. The number of carbonyl (C=O) groups excluding carboxylic acids is 1. The molecule has 0 atom stereocenters. The fourth-order valence-corrected chi connectivity index (χ4v) is 2.66. The Hall–Kier alpha value is -2.25. The molecule has 0 unspecified atom stereocenters. The molecule has 1 N–H and O–H groups in total. The first-order valence-electron chi connectivity index (χ1n) is 6.60. The second kappa shape index (κ2) is 7.51. The highest BCUT2D eigenvalue weighted by atomic mass is 32.2. The fraction of sp³-hybridized carbons (Fsp3) is 0.176. The molecule has 4 heteroatoms. The van der Waals surface area contributed by atoms with E-state index in [0.717, 1.165) is 11.4 Å². The lowest BCUT2D eigenvalue weighted by molar-refractivity contribution is -0.113. The minimum Gasteiger partial charge on any atom is -0.325 e. The topological polar surface area (TPSA) is 52.9 Å². The first-order chi connectivity index (χ1) is 10.2. The van der Waals surface area contributed by atoms with E-state index in [1.807, 2.05) is 12.1 Å². The molecule has 2 aromatic rings. The van der Waals surface area contributed by atoms with E-state index in [-0.39, 0.29) is 5.91 Å². The van der Waals surface area contributed by atoms with E-state index in [1.54, 1.807) is 36.0 Å². The fourth-order valence-electron chi connectivity index (χ4n) is 1.89. The Labute approximate surface area is 129 Å². The van der Waals surface area contributed by atoms with Crippen LogP contribution in [0.1, 0.15) is 16.7 Å². The predicted molar refractivity (Wildman–Crippen MR) is 87.1 cm³/mol. The minimum absolute atomic E-state index is 0.0302. The third-order valence-electron chi connectivity index (χ3n) is 2.88. The molecule has 0 aliphatic carbocycles. The standard InChI is InChI=1S/C17H16N2OS/c1-13-3-2-4-15(9-13)11-21-12-17(20)19-16-7-5-14(10-18)6-8-16/h2-9H,11-12H2,1H3,(H,19,20). The Morgan fingerprint density at radius 2 is 2.00 bits per heavy atom.